The minimum Gasteiger partial charge on any atom is -0.465 e. The number of carbonyl (C=O) groups is 2. The van der Waals surface area contributed by atoms with Gasteiger partial charge in [-0.3, -0.25) is 4.79 Å². The molecule has 0 aliphatic carbocycles. The van der Waals surface area contributed by atoms with E-state index in [0.29, 0.717) is 34.6 Å². The monoisotopic (exact) mass is 464 g/mol. The molecule has 176 valence electrons. The fraction of sp³-hybridized carbons (Fsp3) is 0.542. The molecule has 0 amide bonds. The van der Waals surface area contributed by atoms with Crippen LogP contribution in [0.5, 0.6) is 0 Å². The number of halogens is 1. The van der Waals surface area contributed by atoms with Gasteiger partial charge >= 0.3 is 11.9 Å². The maximum Gasteiger partial charge on any atom is 0.358 e. The predicted octanol–water partition coefficient (Wildman–Crippen LogP) is 5.74. The van der Waals surface area contributed by atoms with Gasteiger partial charge in [0.15, 0.2) is 5.69 Å². The van der Waals surface area contributed by atoms with Gasteiger partial charge in [0.1, 0.15) is 10.8 Å². The van der Waals surface area contributed by atoms with Gasteiger partial charge in [-0.25, -0.2) is 13.9 Å². The van der Waals surface area contributed by atoms with Crippen LogP contribution in [0, 0.1) is 18.7 Å². The molecule has 0 spiro atoms. The highest BCUT2D eigenvalue weighted by molar-refractivity contribution is 7.99. The van der Waals surface area contributed by atoms with Crippen LogP contribution in [-0.2, 0) is 14.3 Å². The molecule has 0 aliphatic rings. The molecule has 8 heteroatoms. The molecule has 1 aromatic heterocycles. The summed E-state index contributed by atoms with van der Waals surface area (Å²) in [6, 6.07) is 6.31. The van der Waals surface area contributed by atoms with Gasteiger partial charge in [0.25, 0.3) is 0 Å². The Morgan fingerprint density at radius 1 is 1.22 bits per heavy atom. The van der Waals surface area contributed by atoms with Crippen LogP contribution in [0.25, 0.3) is 5.69 Å². The summed E-state index contributed by atoms with van der Waals surface area (Å²) >= 11 is 1.36. The summed E-state index contributed by atoms with van der Waals surface area (Å²) in [6.07, 6.45) is 4.56. The van der Waals surface area contributed by atoms with Crippen molar-refractivity contribution in [1.82, 2.24) is 9.78 Å². The van der Waals surface area contributed by atoms with Crippen LogP contribution in [0.15, 0.2) is 29.3 Å². The fourth-order valence-corrected chi connectivity index (χ4v) is 4.12. The Hall–Kier alpha value is -2.35. The summed E-state index contributed by atoms with van der Waals surface area (Å²) in [6.45, 7) is 8.33. The first-order chi connectivity index (χ1) is 15.4. The van der Waals surface area contributed by atoms with Crippen LogP contribution in [0.2, 0.25) is 0 Å². The number of aromatic nitrogens is 2. The molecule has 0 saturated carbocycles. The molecule has 0 N–H and O–H groups in total. The van der Waals surface area contributed by atoms with Gasteiger partial charge in [-0.05, 0) is 38.3 Å². The van der Waals surface area contributed by atoms with E-state index in [1.165, 1.54) is 22.5 Å². The van der Waals surface area contributed by atoms with Gasteiger partial charge < -0.3 is 9.47 Å². The van der Waals surface area contributed by atoms with E-state index in [4.69, 9.17) is 9.47 Å². The first-order valence-electron chi connectivity index (χ1n) is 11.2. The number of carbonyl (C=O) groups excluding carboxylic acids is 2. The quantitative estimate of drug-likeness (QED) is 0.278. The van der Waals surface area contributed by atoms with E-state index in [1.54, 1.807) is 32.0 Å². The first-order valence-corrected chi connectivity index (χ1v) is 12.2. The van der Waals surface area contributed by atoms with Crippen LogP contribution < -0.4 is 0 Å². The molecule has 6 nitrogen and oxygen atoms in total. The third kappa shape index (κ3) is 7.36. The van der Waals surface area contributed by atoms with Crippen molar-refractivity contribution in [3.8, 4) is 5.69 Å². The number of ether oxygens (including phenoxy) is 2. The van der Waals surface area contributed by atoms with Gasteiger partial charge in [0, 0.05) is 17.4 Å². The highest BCUT2D eigenvalue weighted by Crippen LogP contribution is 2.27. The predicted molar refractivity (Wildman–Crippen MR) is 124 cm³/mol. The minimum atomic E-state index is -0.542. The number of thioether (sulfide) groups is 1. The average molecular weight is 465 g/mol. The molecule has 2 aromatic rings. The molecule has 0 saturated heterocycles. The third-order valence-corrected chi connectivity index (χ3v) is 6.20. The highest BCUT2D eigenvalue weighted by Gasteiger charge is 2.19. The minimum absolute atomic E-state index is 0.141. The second-order valence-corrected chi connectivity index (χ2v) is 8.70. The summed E-state index contributed by atoms with van der Waals surface area (Å²) in [5, 5.41) is 4.96. The largest absolute Gasteiger partial charge is 0.465 e. The van der Waals surface area contributed by atoms with E-state index in [-0.39, 0.29) is 30.5 Å². The van der Waals surface area contributed by atoms with Crippen molar-refractivity contribution in [2.24, 2.45) is 5.92 Å². The molecule has 0 fully saturated rings. The van der Waals surface area contributed by atoms with E-state index in [9.17, 15) is 14.0 Å². The summed E-state index contributed by atoms with van der Waals surface area (Å²) in [4.78, 5) is 24.4. The molecule has 32 heavy (non-hydrogen) atoms. The third-order valence-electron chi connectivity index (χ3n) is 5.21. The number of rotatable bonds is 13. The number of unbranched alkanes of at least 4 members (excludes halogenated alkanes) is 1. The molecular weight excluding hydrogens is 431 g/mol. The van der Waals surface area contributed by atoms with Gasteiger partial charge in [0.2, 0.25) is 0 Å². The Morgan fingerprint density at radius 3 is 2.69 bits per heavy atom. The normalized spacial score (nSPS) is 11.9. The van der Waals surface area contributed by atoms with E-state index < -0.39 is 5.97 Å². The molecule has 1 unspecified atom stereocenters. The van der Waals surface area contributed by atoms with E-state index >= 15 is 0 Å². The van der Waals surface area contributed by atoms with Crippen LogP contribution in [0.1, 0.15) is 68.9 Å². The van der Waals surface area contributed by atoms with Crippen LogP contribution in [0.3, 0.4) is 0 Å². The molecule has 1 atom stereocenters. The van der Waals surface area contributed by atoms with Gasteiger partial charge in [-0.15, -0.1) is 11.8 Å². The van der Waals surface area contributed by atoms with Crippen LogP contribution in [-0.4, -0.2) is 40.7 Å². The Balaban J connectivity index is 2.06. The average Bonchev–Trinajstić information content (AvgIpc) is 3.20. The van der Waals surface area contributed by atoms with Crippen molar-refractivity contribution < 1.29 is 23.5 Å². The summed E-state index contributed by atoms with van der Waals surface area (Å²) in [5.74, 6) is -0.294. The van der Waals surface area contributed by atoms with Crippen molar-refractivity contribution in [2.45, 2.75) is 64.8 Å². The molecule has 2 rings (SSSR count). The summed E-state index contributed by atoms with van der Waals surface area (Å²) < 4.78 is 26.1. The zero-order chi connectivity index (χ0) is 23.5. The van der Waals surface area contributed by atoms with E-state index in [0.717, 1.165) is 25.7 Å². The number of esters is 2. The lowest BCUT2D eigenvalue weighted by atomic mass is 10.0. The maximum atomic E-state index is 14.1. The zero-order valence-electron chi connectivity index (χ0n) is 19.4. The smallest absolute Gasteiger partial charge is 0.358 e. The summed E-state index contributed by atoms with van der Waals surface area (Å²) in [7, 11) is 0. The first kappa shape index (κ1) is 25.9. The number of nitrogens with zero attached hydrogens (tertiary/aromatic N) is 2. The molecular formula is C24H33FN2O4S. The Kier molecular flexibility index (Phi) is 10.7. The van der Waals surface area contributed by atoms with Crippen molar-refractivity contribution in [3.05, 3.63) is 41.3 Å². The van der Waals surface area contributed by atoms with Crippen molar-refractivity contribution >= 4 is 23.7 Å². The standard InChI is InChI=1S/C24H33FN2O4S/c1-5-8-10-18(6-2)16-31-23(28)13-14-32-22-15-20(24(29)30-7-3)26-27(22)21-12-9-11-19(25)17(21)4/h9,11-12,15,18H,5-8,10,13-14,16H2,1-4H3. The van der Waals surface area contributed by atoms with Crippen molar-refractivity contribution in [3.63, 3.8) is 0 Å². The number of hydrogen-bond acceptors (Lipinski definition) is 6. The van der Waals surface area contributed by atoms with Gasteiger partial charge in [-0.2, -0.15) is 5.10 Å². The van der Waals surface area contributed by atoms with Gasteiger partial charge in [0.05, 0.1) is 25.3 Å². The SMILES string of the molecule is CCCCC(CC)COC(=O)CCSc1cc(C(=O)OCC)nn1-c1cccc(F)c1C. The second-order valence-electron chi connectivity index (χ2n) is 7.58. The number of hydrogen-bond donors (Lipinski definition) is 0. The lowest BCUT2D eigenvalue weighted by Crippen LogP contribution is -2.14. The molecule has 1 heterocycles. The van der Waals surface area contributed by atoms with Crippen molar-refractivity contribution in [1.29, 1.82) is 0 Å². The van der Waals surface area contributed by atoms with Crippen LogP contribution in [0.4, 0.5) is 4.39 Å². The Labute approximate surface area is 193 Å². The fourth-order valence-electron chi connectivity index (χ4n) is 3.19. The lowest BCUT2D eigenvalue weighted by Gasteiger charge is -2.14. The molecule has 0 bridgehead atoms. The van der Waals surface area contributed by atoms with E-state index in [2.05, 4.69) is 18.9 Å². The number of benzene rings is 1. The molecule has 0 radical (unpaired) electrons. The Bertz CT molecular complexity index is 900. The summed E-state index contributed by atoms with van der Waals surface area (Å²) in [5.41, 5.74) is 1.10. The van der Waals surface area contributed by atoms with Gasteiger partial charge in [-0.1, -0.05) is 39.2 Å². The second kappa shape index (κ2) is 13.3. The molecule has 1 aromatic carbocycles. The van der Waals surface area contributed by atoms with Crippen LogP contribution >= 0.6 is 11.8 Å². The maximum absolute atomic E-state index is 14.1. The van der Waals surface area contributed by atoms with E-state index in [1.807, 2.05) is 0 Å². The topological polar surface area (TPSA) is 70.4 Å². The van der Waals surface area contributed by atoms with Crippen molar-refractivity contribution in [2.75, 3.05) is 19.0 Å². The molecule has 0 aliphatic heterocycles. The Morgan fingerprint density at radius 2 is 2.00 bits per heavy atom. The lowest BCUT2D eigenvalue weighted by molar-refractivity contribution is -0.144. The zero-order valence-corrected chi connectivity index (χ0v) is 20.2. The highest BCUT2D eigenvalue weighted by atomic mass is 32.2.